The third kappa shape index (κ3) is 6.02. The van der Waals surface area contributed by atoms with Crippen molar-refractivity contribution in [3.05, 3.63) is 30.3 Å². The van der Waals surface area contributed by atoms with Crippen molar-refractivity contribution in [3.8, 4) is 5.75 Å². The molecule has 6 nitrogen and oxygen atoms in total. The van der Waals surface area contributed by atoms with Crippen molar-refractivity contribution in [1.82, 2.24) is 5.32 Å². The van der Waals surface area contributed by atoms with Crippen LogP contribution in [-0.4, -0.2) is 44.1 Å². The van der Waals surface area contributed by atoms with Gasteiger partial charge >= 0.3 is 0 Å². The summed E-state index contributed by atoms with van der Waals surface area (Å²) in [4.78, 5) is 17.5. The smallest absolute Gasteiger partial charge is 0.269 e. The average Bonchev–Trinajstić information content (AvgIpc) is 3.35. The minimum absolute atomic E-state index is 0.0283. The van der Waals surface area contributed by atoms with Crippen LogP contribution in [0.2, 0.25) is 0 Å². The highest BCUT2D eigenvalue weighted by molar-refractivity contribution is 6.39. The van der Waals surface area contributed by atoms with E-state index in [-0.39, 0.29) is 12.0 Å². The second-order valence-corrected chi connectivity index (χ2v) is 6.92. The number of carbonyl (C=O) groups is 1. The van der Waals surface area contributed by atoms with E-state index in [9.17, 15) is 4.79 Å². The zero-order valence-corrected chi connectivity index (χ0v) is 15.2. The van der Waals surface area contributed by atoms with Crippen LogP contribution < -0.4 is 10.1 Å². The molecule has 1 fully saturated rings. The quantitative estimate of drug-likeness (QED) is 0.652. The molecule has 0 spiro atoms. The van der Waals surface area contributed by atoms with Crippen LogP contribution in [0, 0.1) is 5.92 Å². The molecule has 1 aromatic carbocycles. The number of nitrogens with zero attached hydrogens (tertiary/aromatic N) is 1. The fourth-order valence-corrected chi connectivity index (χ4v) is 3.16. The molecule has 2 heterocycles. The molecule has 1 aromatic rings. The highest BCUT2D eigenvalue weighted by Gasteiger charge is 2.26. The Bertz CT molecular complexity index is 585. The van der Waals surface area contributed by atoms with Crippen LogP contribution in [-0.2, 0) is 14.4 Å². The van der Waals surface area contributed by atoms with Gasteiger partial charge in [0.15, 0.2) is 0 Å². The van der Waals surface area contributed by atoms with Gasteiger partial charge in [-0.2, -0.15) is 0 Å². The van der Waals surface area contributed by atoms with Gasteiger partial charge in [-0.3, -0.25) is 4.79 Å². The lowest BCUT2D eigenvalue weighted by atomic mass is 10.1. The molecule has 1 amide bonds. The molecule has 2 unspecified atom stereocenters. The number of carbonyl (C=O) groups excluding carboxylic acids is 1. The minimum atomic E-state index is -0.101. The molecular weight excluding hydrogens is 332 g/mol. The second kappa shape index (κ2) is 10.2. The van der Waals surface area contributed by atoms with Gasteiger partial charge in [-0.1, -0.05) is 23.4 Å². The minimum Gasteiger partial charge on any atom is -0.494 e. The van der Waals surface area contributed by atoms with Crippen LogP contribution in [0.25, 0.3) is 0 Å². The van der Waals surface area contributed by atoms with Gasteiger partial charge in [0, 0.05) is 25.5 Å². The largest absolute Gasteiger partial charge is 0.494 e. The first kappa shape index (κ1) is 18.7. The fourth-order valence-electron chi connectivity index (χ4n) is 3.16. The predicted octanol–water partition coefficient (Wildman–Crippen LogP) is 2.92. The Morgan fingerprint density at radius 2 is 2.12 bits per heavy atom. The summed E-state index contributed by atoms with van der Waals surface area (Å²) in [5, 5.41) is 6.91. The molecule has 0 radical (unpaired) electrons. The topological polar surface area (TPSA) is 69.2 Å². The molecule has 2 aliphatic heterocycles. The second-order valence-electron chi connectivity index (χ2n) is 6.92. The van der Waals surface area contributed by atoms with E-state index in [4.69, 9.17) is 14.3 Å². The number of ether oxygens (including phenoxy) is 2. The van der Waals surface area contributed by atoms with E-state index in [0.29, 0.717) is 24.6 Å². The zero-order valence-electron chi connectivity index (χ0n) is 15.2. The summed E-state index contributed by atoms with van der Waals surface area (Å²) < 4.78 is 11.0. The Morgan fingerprint density at radius 3 is 2.92 bits per heavy atom. The van der Waals surface area contributed by atoms with Crippen LogP contribution in [0.5, 0.6) is 5.75 Å². The lowest BCUT2D eigenvalue weighted by Crippen LogP contribution is -2.34. The maximum absolute atomic E-state index is 12.1. The van der Waals surface area contributed by atoms with Gasteiger partial charge in [0.1, 0.15) is 17.6 Å². The van der Waals surface area contributed by atoms with E-state index in [1.54, 1.807) is 0 Å². The standard InChI is InChI=1S/C20H28N2O4/c23-20(21-14-16-10-12-24-15-16)19-13-18(26-22-19)9-5-2-6-11-25-17-7-3-1-4-8-17/h1,3-4,7-8,16,18H,2,5-6,9-15H2,(H,21,23). The van der Waals surface area contributed by atoms with Crippen LogP contribution in [0.15, 0.2) is 35.5 Å². The third-order valence-corrected chi connectivity index (χ3v) is 4.75. The van der Waals surface area contributed by atoms with Crippen LogP contribution >= 0.6 is 0 Å². The van der Waals surface area contributed by atoms with Gasteiger partial charge < -0.3 is 19.6 Å². The van der Waals surface area contributed by atoms with Crippen molar-refractivity contribution in [2.75, 3.05) is 26.4 Å². The average molecular weight is 360 g/mol. The summed E-state index contributed by atoms with van der Waals surface area (Å²) in [5.41, 5.74) is 0.515. The summed E-state index contributed by atoms with van der Waals surface area (Å²) in [6.07, 6.45) is 5.71. The number of benzene rings is 1. The van der Waals surface area contributed by atoms with E-state index >= 15 is 0 Å². The number of nitrogens with one attached hydrogen (secondary N) is 1. The monoisotopic (exact) mass is 360 g/mol. The Labute approximate surface area is 154 Å². The van der Waals surface area contributed by atoms with E-state index < -0.39 is 0 Å². The van der Waals surface area contributed by atoms with Crippen LogP contribution in [0.3, 0.4) is 0 Å². The predicted molar refractivity (Wildman–Crippen MR) is 99.3 cm³/mol. The number of rotatable bonds is 10. The molecular formula is C20H28N2O4. The number of amides is 1. The lowest BCUT2D eigenvalue weighted by molar-refractivity contribution is -0.115. The molecule has 1 saturated heterocycles. The number of unbranched alkanes of at least 4 members (excludes halogenated alkanes) is 2. The number of hydrogen-bond acceptors (Lipinski definition) is 5. The SMILES string of the molecule is O=C(NCC1CCOC1)C1=NOC(CCCCCOc2ccccc2)C1. The van der Waals surface area contributed by atoms with Gasteiger partial charge in [-0.05, 0) is 44.2 Å². The first-order chi connectivity index (χ1) is 12.8. The van der Waals surface area contributed by atoms with E-state index in [0.717, 1.165) is 57.7 Å². The van der Waals surface area contributed by atoms with E-state index in [1.807, 2.05) is 30.3 Å². The van der Waals surface area contributed by atoms with Crippen molar-refractivity contribution >= 4 is 11.6 Å². The van der Waals surface area contributed by atoms with Crippen molar-refractivity contribution in [3.63, 3.8) is 0 Å². The Kier molecular flexibility index (Phi) is 7.31. The molecule has 0 aliphatic carbocycles. The molecule has 6 heteroatoms. The van der Waals surface area contributed by atoms with Gasteiger partial charge in [-0.15, -0.1) is 0 Å². The molecule has 3 rings (SSSR count). The van der Waals surface area contributed by atoms with E-state index in [1.165, 1.54) is 0 Å². The van der Waals surface area contributed by atoms with Gasteiger partial charge in [0.25, 0.3) is 5.91 Å². The van der Waals surface area contributed by atoms with Gasteiger partial charge in [-0.25, -0.2) is 0 Å². The molecule has 1 N–H and O–H groups in total. The number of para-hydroxylation sites is 1. The Morgan fingerprint density at radius 1 is 1.23 bits per heavy atom. The highest BCUT2D eigenvalue weighted by atomic mass is 16.6. The maximum Gasteiger partial charge on any atom is 0.269 e. The summed E-state index contributed by atoms with van der Waals surface area (Å²) in [6, 6.07) is 9.87. The molecule has 0 aromatic heterocycles. The van der Waals surface area contributed by atoms with Gasteiger partial charge in [0.05, 0.1) is 13.2 Å². The van der Waals surface area contributed by atoms with Crippen molar-refractivity contribution < 1.29 is 19.1 Å². The molecule has 26 heavy (non-hydrogen) atoms. The summed E-state index contributed by atoms with van der Waals surface area (Å²) >= 11 is 0. The van der Waals surface area contributed by atoms with Crippen molar-refractivity contribution in [2.24, 2.45) is 11.1 Å². The summed E-state index contributed by atoms with van der Waals surface area (Å²) in [6.45, 7) is 2.91. The molecule has 0 bridgehead atoms. The highest BCUT2D eigenvalue weighted by Crippen LogP contribution is 2.18. The molecule has 2 atom stereocenters. The number of hydrogen-bond donors (Lipinski definition) is 1. The fraction of sp³-hybridized carbons (Fsp3) is 0.600. The van der Waals surface area contributed by atoms with Crippen molar-refractivity contribution in [2.45, 2.75) is 44.6 Å². The van der Waals surface area contributed by atoms with Crippen LogP contribution in [0.4, 0.5) is 0 Å². The Hall–Kier alpha value is -2.08. The summed E-state index contributed by atoms with van der Waals surface area (Å²) in [5.74, 6) is 1.24. The van der Waals surface area contributed by atoms with Crippen molar-refractivity contribution in [1.29, 1.82) is 0 Å². The first-order valence-corrected chi connectivity index (χ1v) is 9.58. The van der Waals surface area contributed by atoms with Crippen LogP contribution in [0.1, 0.15) is 38.5 Å². The summed E-state index contributed by atoms with van der Waals surface area (Å²) in [7, 11) is 0. The van der Waals surface area contributed by atoms with Gasteiger partial charge in [0.2, 0.25) is 0 Å². The molecule has 0 saturated carbocycles. The number of oxime groups is 1. The molecule has 2 aliphatic rings. The zero-order chi connectivity index (χ0) is 18.0. The Balaban J connectivity index is 1.22. The lowest BCUT2D eigenvalue weighted by Gasteiger charge is -2.09. The normalized spacial score (nSPS) is 21.9. The van der Waals surface area contributed by atoms with E-state index in [2.05, 4.69) is 10.5 Å². The third-order valence-electron chi connectivity index (χ3n) is 4.75. The molecule has 142 valence electrons. The first-order valence-electron chi connectivity index (χ1n) is 9.58. The maximum atomic E-state index is 12.1.